The second-order valence-electron chi connectivity index (χ2n) is 6.24. The van der Waals surface area contributed by atoms with E-state index in [4.69, 9.17) is 4.98 Å². The highest BCUT2D eigenvalue weighted by atomic mass is 32.1. The lowest BCUT2D eigenvalue weighted by Crippen LogP contribution is -2.11. The quantitative estimate of drug-likeness (QED) is 0.494. The Labute approximate surface area is 167 Å². The maximum absolute atomic E-state index is 13.0. The minimum Gasteiger partial charge on any atom is -0.392 e. The molecule has 3 aromatic carbocycles. The number of hydrogen-bond donors (Lipinski definition) is 2. The van der Waals surface area contributed by atoms with Crippen LogP contribution in [0, 0.1) is 0 Å². The van der Waals surface area contributed by atoms with Crippen molar-refractivity contribution in [2.75, 3.05) is 5.32 Å². The van der Waals surface area contributed by atoms with Gasteiger partial charge in [-0.15, -0.1) is 11.3 Å². The largest absolute Gasteiger partial charge is 0.392 e. The number of nitrogens with one attached hydrogen (secondary N) is 1. The van der Waals surface area contributed by atoms with Gasteiger partial charge in [-0.3, -0.25) is 4.79 Å². The summed E-state index contributed by atoms with van der Waals surface area (Å²) in [5.74, 6) is -0.214. The van der Waals surface area contributed by atoms with Crippen molar-refractivity contribution in [2.45, 2.75) is 6.61 Å². The summed E-state index contributed by atoms with van der Waals surface area (Å²) in [6.07, 6.45) is 0. The van der Waals surface area contributed by atoms with E-state index in [9.17, 15) is 9.90 Å². The fraction of sp³-hybridized carbons (Fsp3) is 0.0435. The fourth-order valence-corrected chi connectivity index (χ4v) is 3.89. The van der Waals surface area contributed by atoms with Crippen LogP contribution in [0.15, 0.2) is 84.9 Å². The van der Waals surface area contributed by atoms with E-state index in [0.29, 0.717) is 16.3 Å². The average molecular weight is 386 g/mol. The number of rotatable bonds is 5. The molecule has 1 amide bonds. The summed E-state index contributed by atoms with van der Waals surface area (Å²) >= 11 is 1.37. The lowest BCUT2D eigenvalue weighted by molar-refractivity contribution is 0.103. The molecule has 1 heterocycles. The first-order valence-corrected chi connectivity index (χ1v) is 9.69. The number of carbonyl (C=O) groups is 1. The molecule has 0 spiro atoms. The van der Waals surface area contributed by atoms with Crippen LogP contribution in [0.25, 0.3) is 21.8 Å². The third kappa shape index (κ3) is 3.86. The van der Waals surface area contributed by atoms with Gasteiger partial charge in [-0.05, 0) is 17.7 Å². The standard InChI is InChI=1S/C23H18N2O2S/c26-15-16-8-7-13-19(14-16)24-22(27)21-20(17-9-3-1-4-10-17)25-23(28-21)18-11-5-2-6-12-18/h1-14,26H,15H2,(H,24,27). The summed E-state index contributed by atoms with van der Waals surface area (Å²) in [5.41, 5.74) is 3.93. The van der Waals surface area contributed by atoms with Crippen molar-refractivity contribution in [3.05, 3.63) is 95.4 Å². The molecule has 28 heavy (non-hydrogen) atoms. The Morgan fingerprint density at radius 3 is 2.25 bits per heavy atom. The number of aliphatic hydroxyl groups is 1. The molecule has 0 fully saturated rings. The zero-order valence-electron chi connectivity index (χ0n) is 15.0. The summed E-state index contributed by atoms with van der Waals surface area (Å²) in [7, 11) is 0. The van der Waals surface area contributed by atoms with Crippen LogP contribution in [0.2, 0.25) is 0 Å². The predicted octanol–water partition coefficient (Wildman–Crippen LogP) is 5.22. The maximum Gasteiger partial charge on any atom is 0.268 e. The molecular formula is C23H18N2O2S. The summed E-state index contributed by atoms with van der Waals surface area (Å²) in [6, 6.07) is 26.7. The van der Waals surface area contributed by atoms with E-state index in [0.717, 1.165) is 21.7 Å². The number of hydrogen-bond acceptors (Lipinski definition) is 4. The first-order valence-electron chi connectivity index (χ1n) is 8.87. The molecular weight excluding hydrogens is 368 g/mol. The highest BCUT2D eigenvalue weighted by Gasteiger charge is 2.20. The number of aromatic nitrogens is 1. The van der Waals surface area contributed by atoms with Gasteiger partial charge in [0.25, 0.3) is 5.91 Å². The minimum atomic E-state index is -0.214. The van der Waals surface area contributed by atoms with Crippen LogP contribution < -0.4 is 5.32 Å². The number of thiazole rings is 1. The Balaban J connectivity index is 1.74. The van der Waals surface area contributed by atoms with Crippen molar-refractivity contribution >= 4 is 22.9 Å². The van der Waals surface area contributed by atoms with Gasteiger partial charge in [0.1, 0.15) is 9.88 Å². The van der Waals surface area contributed by atoms with Crippen molar-refractivity contribution in [1.82, 2.24) is 4.98 Å². The van der Waals surface area contributed by atoms with Crippen molar-refractivity contribution in [1.29, 1.82) is 0 Å². The lowest BCUT2D eigenvalue weighted by atomic mass is 10.1. The van der Waals surface area contributed by atoms with Crippen LogP contribution >= 0.6 is 11.3 Å². The third-order valence-corrected chi connectivity index (χ3v) is 5.37. The van der Waals surface area contributed by atoms with Gasteiger partial charge in [0.2, 0.25) is 0 Å². The average Bonchev–Trinajstić information content (AvgIpc) is 3.21. The Hall–Kier alpha value is -3.28. The first kappa shape index (κ1) is 18.1. The van der Waals surface area contributed by atoms with Crippen LogP contribution in [0.4, 0.5) is 5.69 Å². The molecule has 4 rings (SSSR count). The second-order valence-corrected chi connectivity index (χ2v) is 7.24. The molecule has 0 saturated carbocycles. The van der Waals surface area contributed by atoms with Crippen LogP contribution in [-0.4, -0.2) is 16.0 Å². The maximum atomic E-state index is 13.0. The number of nitrogens with zero attached hydrogens (tertiary/aromatic N) is 1. The highest BCUT2D eigenvalue weighted by molar-refractivity contribution is 7.17. The highest BCUT2D eigenvalue weighted by Crippen LogP contribution is 2.34. The number of carbonyl (C=O) groups excluding carboxylic acids is 1. The summed E-state index contributed by atoms with van der Waals surface area (Å²) < 4.78 is 0. The molecule has 1 aromatic heterocycles. The zero-order chi connectivity index (χ0) is 19.3. The molecule has 0 radical (unpaired) electrons. The van der Waals surface area contributed by atoms with Gasteiger partial charge < -0.3 is 10.4 Å². The molecule has 0 bridgehead atoms. The molecule has 4 aromatic rings. The normalized spacial score (nSPS) is 10.6. The van der Waals surface area contributed by atoms with Crippen LogP contribution in [-0.2, 0) is 6.61 Å². The Morgan fingerprint density at radius 2 is 1.57 bits per heavy atom. The Morgan fingerprint density at radius 1 is 0.893 bits per heavy atom. The van der Waals surface area contributed by atoms with E-state index in [1.165, 1.54) is 11.3 Å². The smallest absolute Gasteiger partial charge is 0.268 e. The first-order chi connectivity index (χ1) is 13.7. The number of benzene rings is 3. The molecule has 138 valence electrons. The predicted molar refractivity (Wildman–Crippen MR) is 113 cm³/mol. The molecule has 0 aliphatic carbocycles. The molecule has 0 atom stereocenters. The molecule has 2 N–H and O–H groups in total. The SMILES string of the molecule is O=C(Nc1cccc(CO)c1)c1sc(-c2ccccc2)nc1-c1ccccc1. The monoisotopic (exact) mass is 386 g/mol. The minimum absolute atomic E-state index is 0.0717. The number of aliphatic hydroxyl groups excluding tert-OH is 1. The van der Waals surface area contributed by atoms with Crippen LogP contribution in [0.3, 0.4) is 0 Å². The molecule has 5 heteroatoms. The lowest BCUT2D eigenvalue weighted by Gasteiger charge is -2.06. The van der Waals surface area contributed by atoms with Crippen molar-refractivity contribution < 1.29 is 9.90 Å². The number of anilines is 1. The van der Waals surface area contributed by atoms with E-state index < -0.39 is 0 Å². The topological polar surface area (TPSA) is 62.2 Å². The van der Waals surface area contributed by atoms with Crippen molar-refractivity contribution in [2.24, 2.45) is 0 Å². The summed E-state index contributed by atoms with van der Waals surface area (Å²) in [4.78, 5) is 18.4. The van der Waals surface area contributed by atoms with Gasteiger partial charge in [0.15, 0.2) is 0 Å². The van der Waals surface area contributed by atoms with Crippen LogP contribution in [0.5, 0.6) is 0 Å². The number of amides is 1. The van der Waals surface area contributed by atoms with Gasteiger partial charge in [-0.25, -0.2) is 4.98 Å². The molecule has 0 aliphatic heterocycles. The van der Waals surface area contributed by atoms with Crippen molar-refractivity contribution in [3.63, 3.8) is 0 Å². The van der Waals surface area contributed by atoms with E-state index in [2.05, 4.69) is 5.32 Å². The zero-order valence-corrected chi connectivity index (χ0v) is 15.8. The molecule has 0 saturated heterocycles. The third-order valence-electron chi connectivity index (χ3n) is 4.27. The van der Waals surface area contributed by atoms with Crippen LogP contribution in [0.1, 0.15) is 15.2 Å². The van der Waals surface area contributed by atoms with Gasteiger partial charge in [0, 0.05) is 16.8 Å². The van der Waals surface area contributed by atoms with E-state index in [1.807, 2.05) is 66.7 Å². The summed E-state index contributed by atoms with van der Waals surface area (Å²) in [6.45, 7) is -0.0717. The Bertz CT molecular complexity index is 1090. The Kier molecular flexibility index (Phi) is 5.28. The van der Waals surface area contributed by atoms with E-state index in [-0.39, 0.29) is 12.5 Å². The van der Waals surface area contributed by atoms with Gasteiger partial charge in [0.05, 0.1) is 12.3 Å². The molecule has 0 unspecified atom stereocenters. The molecule has 0 aliphatic rings. The van der Waals surface area contributed by atoms with Gasteiger partial charge in [-0.2, -0.15) is 0 Å². The van der Waals surface area contributed by atoms with Crippen molar-refractivity contribution in [3.8, 4) is 21.8 Å². The van der Waals surface area contributed by atoms with Gasteiger partial charge >= 0.3 is 0 Å². The van der Waals surface area contributed by atoms with E-state index in [1.54, 1.807) is 18.2 Å². The fourth-order valence-electron chi connectivity index (χ4n) is 2.91. The molecule has 4 nitrogen and oxygen atoms in total. The van der Waals surface area contributed by atoms with Gasteiger partial charge in [-0.1, -0.05) is 72.8 Å². The second kappa shape index (κ2) is 8.17. The van der Waals surface area contributed by atoms with E-state index >= 15 is 0 Å². The summed E-state index contributed by atoms with van der Waals surface area (Å²) in [5, 5.41) is 13.0.